The maximum atomic E-state index is 9.72. The highest BCUT2D eigenvalue weighted by Crippen LogP contribution is 2.36. The zero-order valence-corrected chi connectivity index (χ0v) is 17.5. The van der Waals surface area contributed by atoms with Crippen molar-refractivity contribution in [2.75, 3.05) is 24.4 Å². The van der Waals surface area contributed by atoms with E-state index in [9.17, 15) is 10.5 Å². The van der Waals surface area contributed by atoms with Gasteiger partial charge in [-0.15, -0.1) is 11.8 Å². The van der Waals surface area contributed by atoms with Crippen LogP contribution in [0.4, 0.5) is 0 Å². The molecule has 1 aliphatic heterocycles. The zero-order valence-electron chi connectivity index (χ0n) is 15.9. The molecular weight excluding hydrogens is 402 g/mol. The number of rotatable bonds is 5. The molecule has 8 heteroatoms. The average Bonchev–Trinajstić information content (AvgIpc) is 3.38. The number of fused-ring (bicyclic) bond motifs is 1. The standard InChI is InChI=1S/C21H19N5OS2/c1-28-19-8-14(17-11-25-20-4-2-3-15(9-22)26(17)20)7-18(16(19)10-23)27-12-21(24)5-6-29-13-21/h2-4,7-8,11H,5-6,12-13,24H2,1H3/t21-/m1/s1. The molecule has 2 aromatic heterocycles. The van der Waals surface area contributed by atoms with Gasteiger partial charge in [0.15, 0.2) is 0 Å². The van der Waals surface area contributed by atoms with E-state index in [4.69, 9.17) is 10.5 Å². The van der Waals surface area contributed by atoms with Gasteiger partial charge < -0.3 is 10.5 Å². The van der Waals surface area contributed by atoms with Crippen molar-refractivity contribution < 1.29 is 4.74 Å². The second-order valence-corrected chi connectivity index (χ2v) is 8.93. The van der Waals surface area contributed by atoms with Crippen LogP contribution < -0.4 is 10.5 Å². The fourth-order valence-corrected chi connectivity index (χ4v) is 5.33. The molecule has 0 aliphatic carbocycles. The largest absolute Gasteiger partial charge is 0.490 e. The Balaban J connectivity index is 1.81. The second kappa shape index (κ2) is 8.00. The zero-order chi connectivity index (χ0) is 20.4. The van der Waals surface area contributed by atoms with Crippen LogP contribution in [0.3, 0.4) is 0 Å². The Labute approximate surface area is 177 Å². The van der Waals surface area contributed by atoms with Crippen LogP contribution in [-0.4, -0.2) is 39.3 Å². The first-order chi connectivity index (χ1) is 14.1. The van der Waals surface area contributed by atoms with E-state index >= 15 is 0 Å². The molecular formula is C21H19N5OS2. The monoisotopic (exact) mass is 421 g/mol. The van der Waals surface area contributed by atoms with Crippen LogP contribution in [0.5, 0.6) is 5.75 Å². The molecule has 3 aromatic rings. The number of hydrogen-bond donors (Lipinski definition) is 1. The highest BCUT2D eigenvalue weighted by molar-refractivity contribution is 7.99. The van der Waals surface area contributed by atoms with E-state index in [0.717, 1.165) is 34.1 Å². The number of nitrogens with zero attached hydrogens (tertiary/aromatic N) is 4. The Kier molecular flexibility index (Phi) is 5.42. The SMILES string of the molecule is CSc1cc(-c2cnc3cccc(C#N)n23)cc(OC[C@]2(N)CCSC2)c1C#N. The van der Waals surface area contributed by atoms with E-state index in [1.807, 2.05) is 46.7 Å². The number of imidazole rings is 1. The number of benzene rings is 1. The predicted octanol–water partition coefficient (Wildman–Crippen LogP) is 3.68. The number of ether oxygens (including phenoxy) is 1. The summed E-state index contributed by atoms with van der Waals surface area (Å²) in [6.45, 7) is 0.364. The smallest absolute Gasteiger partial charge is 0.138 e. The van der Waals surface area contributed by atoms with Gasteiger partial charge in [0.25, 0.3) is 0 Å². The predicted molar refractivity (Wildman–Crippen MR) is 116 cm³/mol. The van der Waals surface area contributed by atoms with E-state index in [1.165, 1.54) is 11.8 Å². The first-order valence-electron chi connectivity index (χ1n) is 9.07. The van der Waals surface area contributed by atoms with Crippen molar-refractivity contribution in [3.8, 4) is 29.1 Å². The lowest BCUT2D eigenvalue weighted by Gasteiger charge is -2.23. The summed E-state index contributed by atoms with van der Waals surface area (Å²) in [5, 5.41) is 19.2. The normalized spacial score (nSPS) is 18.5. The van der Waals surface area contributed by atoms with Crippen LogP contribution in [-0.2, 0) is 0 Å². The number of hydrogen-bond acceptors (Lipinski definition) is 7. The molecule has 3 heterocycles. The molecule has 0 unspecified atom stereocenters. The summed E-state index contributed by atoms with van der Waals surface area (Å²) in [6, 6.07) is 13.7. The van der Waals surface area contributed by atoms with Crippen LogP contribution in [0.1, 0.15) is 17.7 Å². The molecule has 1 aromatic carbocycles. The Morgan fingerprint density at radius 1 is 1.34 bits per heavy atom. The van der Waals surface area contributed by atoms with Crippen LogP contribution in [0.2, 0.25) is 0 Å². The van der Waals surface area contributed by atoms with Gasteiger partial charge in [-0.05, 0) is 42.7 Å². The summed E-state index contributed by atoms with van der Waals surface area (Å²) in [4.78, 5) is 5.24. The van der Waals surface area contributed by atoms with Crippen LogP contribution in [0.25, 0.3) is 16.9 Å². The van der Waals surface area contributed by atoms with E-state index in [2.05, 4.69) is 17.1 Å². The van der Waals surface area contributed by atoms with Crippen molar-refractivity contribution in [1.82, 2.24) is 9.38 Å². The molecule has 1 saturated heterocycles. The number of thioether (sulfide) groups is 2. The third-order valence-corrected chi connectivity index (χ3v) is 7.02. The van der Waals surface area contributed by atoms with Gasteiger partial charge in [-0.1, -0.05) is 6.07 Å². The van der Waals surface area contributed by atoms with Crippen molar-refractivity contribution in [2.45, 2.75) is 16.9 Å². The topological polar surface area (TPSA) is 100 Å². The molecule has 0 radical (unpaired) electrons. The molecule has 0 bridgehead atoms. The van der Waals surface area contributed by atoms with Crippen molar-refractivity contribution in [1.29, 1.82) is 10.5 Å². The van der Waals surface area contributed by atoms with Crippen LogP contribution in [0, 0.1) is 22.7 Å². The summed E-state index contributed by atoms with van der Waals surface area (Å²) < 4.78 is 7.91. The Hall–Kier alpha value is -2.65. The highest BCUT2D eigenvalue weighted by Gasteiger charge is 2.31. The van der Waals surface area contributed by atoms with Gasteiger partial charge in [0.1, 0.15) is 41.4 Å². The number of aromatic nitrogens is 2. The fourth-order valence-electron chi connectivity index (χ4n) is 3.41. The molecule has 2 N–H and O–H groups in total. The summed E-state index contributed by atoms with van der Waals surface area (Å²) in [5.41, 5.74) is 9.37. The summed E-state index contributed by atoms with van der Waals surface area (Å²) in [6.07, 6.45) is 4.56. The molecule has 146 valence electrons. The van der Waals surface area contributed by atoms with Gasteiger partial charge >= 0.3 is 0 Å². The van der Waals surface area contributed by atoms with Crippen molar-refractivity contribution >= 4 is 29.2 Å². The maximum Gasteiger partial charge on any atom is 0.138 e. The van der Waals surface area contributed by atoms with Crippen LogP contribution in [0.15, 0.2) is 41.4 Å². The first-order valence-corrected chi connectivity index (χ1v) is 11.4. The molecule has 1 fully saturated rings. The lowest BCUT2D eigenvalue weighted by Crippen LogP contribution is -2.45. The molecule has 0 spiro atoms. The van der Waals surface area contributed by atoms with Crippen molar-refractivity contribution in [3.05, 3.63) is 47.8 Å². The van der Waals surface area contributed by atoms with Gasteiger partial charge in [0, 0.05) is 16.2 Å². The lowest BCUT2D eigenvalue weighted by atomic mass is 10.0. The molecule has 0 saturated carbocycles. The van der Waals surface area contributed by atoms with E-state index in [1.54, 1.807) is 12.3 Å². The molecule has 0 amide bonds. The molecule has 4 rings (SSSR count). The Morgan fingerprint density at radius 2 is 2.21 bits per heavy atom. The van der Waals surface area contributed by atoms with E-state index in [0.29, 0.717) is 29.3 Å². The molecule has 1 aliphatic rings. The molecule has 29 heavy (non-hydrogen) atoms. The minimum atomic E-state index is -0.371. The van der Waals surface area contributed by atoms with E-state index < -0.39 is 0 Å². The van der Waals surface area contributed by atoms with Gasteiger partial charge in [0.05, 0.1) is 17.4 Å². The van der Waals surface area contributed by atoms with Gasteiger partial charge in [0.2, 0.25) is 0 Å². The minimum absolute atomic E-state index is 0.364. The minimum Gasteiger partial charge on any atom is -0.490 e. The summed E-state index contributed by atoms with van der Waals surface area (Å²) >= 11 is 3.31. The quantitative estimate of drug-likeness (QED) is 0.627. The lowest BCUT2D eigenvalue weighted by molar-refractivity contribution is 0.233. The molecule has 6 nitrogen and oxygen atoms in total. The second-order valence-electron chi connectivity index (χ2n) is 6.98. The van der Waals surface area contributed by atoms with Crippen molar-refractivity contribution in [3.63, 3.8) is 0 Å². The van der Waals surface area contributed by atoms with E-state index in [-0.39, 0.29) is 5.54 Å². The average molecular weight is 422 g/mol. The van der Waals surface area contributed by atoms with Crippen molar-refractivity contribution in [2.24, 2.45) is 5.73 Å². The first kappa shape index (κ1) is 19.7. The van der Waals surface area contributed by atoms with Gasteiger partial charge in [-0.2, -0.15) is 22.3 Å². The van der Waals surface area contributed by atoms with Gasteiger partial charge in [-0.3, -0.25) is 4.40 Å². The Bertz CT molecular complexity index is 1150. The summed E-state index contributed by atoms with van der Waals surface area (Å²) in [7, 11) is 0. The number of nitrogens with two attached hydrogens (primary N) is 1. The van der Waals surface area contributed by atoms with Gasteiger partial charge in [-0.25, -0.2) is 4.98 Å². The number of pyridine rings is 1. The number of nitriles is 2. The molecule has 1 atom stereocenters. The maximum absolute atomic E-state index is 9.72. The third kappa shape index (κ3) is 3.67. The van der Waals surface area contributed by atoms with Crippen LogP contribution >= 0.6 is 23.5 Å². The summed E-state index contributed by atoms with van der Waals surface area (Å²) in [5.74, 6) is 2.39. The Morgan fingerprint density at radius 3 is 2.90 bits per heavy atom. The fraction of sp³-hybridized carbons (Fsp3) is 0.286. The third-order valence-electron chi connectivity index (χ3n) is 4.99. The highest BCUT2D eigenvalue weighted by atomic mass is 32.2.